The van der Waals surface area contributed by atoms with E-state index in [4.69, 9.17) is 16.3 Å². The van der Waals surface area contributed by atoms with Crippen molar-refractivity contribution in [3.05, 3.63) is 21.6 Å². The summed E-state index contributed by atoms with van der Waals surface area (Å²) in [6, 6.07) is 0. The van der Waals surface area contributed by atoms with E-state index in [9.17, 15) is 10.1 Å². The molecule has 1 aromatic rings. The first-order valence-electron chi connectivity index (χ1n) is 5.00. The van der Waals surface area contributed by atoms with E-state index in [0.29, 0.717) is 0 Å². The monoisotopic (exact) mass is 243 g/mol. The highest BCUT2D eigenvalue weighted by Gasteiger charge is 2.26. The molecule has 1 heterocycles. The summed E-state index contributed by atoms with van der Waals surface area (Å²) in [7, 11) is 0. The number of nitro groups is 1. The minimum Gasteiger partial charge on any atom is -0.469 e. The zero-order valence-corrected chi connectivity index (χ0v) is 9.18. The second-order valence-corrected chi connectivity index (χ2v) is 3.96. The molecular weight excluding hydrogens is 234 g/mol. The second kappa shape index (κ2) is 4.61. The van der Waals surface area contributed by atoms with Crippen molar-refractivity contribution in [1.29, 1.82) is 0 Å². The first-order valence-corrected chi connectivity index (χ1v) is 5.38. The summed E-state index contributed by atoms with van der Waals surface area (Å²) in [5, 5.41) is 10.6. The molecule has 0 aliphatic heterocycles. The van der Waals surface area contributed by atoms with Gasteiger partial charge in [0, 0.05) is 0 Å². The van der Waals surface area contributed by atoms with Gasteiger partial charge in [-0.05, 0) is 25.7 Å². The van der Waals surface area contributed by atoms with E-state index >= 15 is 0 Å². The van der Waals surface area contributed by atoms with Gasteiger partial charge in [-0.1, -0.05) is 11.6 Å². The third-order valence-electron chi connectivity index (χ3n) is 2.51. The first kappa shape index (κ1) is 11.1. The fourth-order valence-corrected chi connectivity index (χ4v) is 1.94. The van der Waals surface area contributed by atoms with Crippen molar-refractivity contribution < 1.29 is 9.66 Å². The van der Waals surface area contributed by atoms with E-state index in [2.05, 4.69) is 9.97 Å². The van der Waals surface area contributed by atoms with Crippen LogP contribution < -0.4 is 4.74 Å². The maximum Gasteiger partial charge on any atom is 0.367 e. The van der Waals surface area contributed by atoms with Gasteiger partial charge in [-0.15, -0.1) is 0 Å². The Hall–Kier alpha value is -1.43. The molecule has 0 atom stereocenters. The topological polar surface area (TPSA) is 78.2 Å². The van der Waals surface area contributed by atoms with Crippen molar-refractivity contribution in [1.82, 2.24) is 9.97 Å². The molecule has 0 unspecified atom stereocenters. The van der Waals surface area contributed by atoms with E-state index in [1.54, 1.807) is 0 Å². The lowest BCUT2D eigenvalue weighted by atomic mass is 10.3. The molecule has 6 nitrogen and oxygen atoms in total. The van der Waals surface area contributed by atoms with Crippen LogP contribution in [0.1, 0.15) is 25.7 Å². The fraction of sp³-hybridized carbons (Fsp3) is 0.556. The van der Waals surface area contributed by atoms with E-state index in [-0.39, 0.29) is 22.8 Å². The molecule has 2 rings (SSSR count). The van der Waals surface area contributed by atoms with Gasteiger partial charge in [0.25, 0.3) is 5.88 Å². The molecule has 1 aliphatic rings. The summed E-state index contributed by atoms with van der Waals surface area (Å²) in [5.74, 6) is -0.0306. The lowest BCUT2D eigenvalue weighted by Gasteiger charge is -2.11. The summed E-state index contributed by atoms with van der Waals surface area (Å²) < 4.78 is 5.47. The van der Waals surface area contributed by atoms with Crippen molar-refractivity contribution in [2.24, 2.45) is 0 Å². The average Bonchev–Trinajstić information content (AvgIpc) is 2.70. The number of nitrogens with zero attached hydrogens (tertiary/aromatic N) is 3. The van der Waals surface area contributed by atoms with Gasteiger partial charge < -0.3 is 4.74 Å². The van der Waals surface area contributed by atoms with Gasteiger partial charge in [-0.3, -0.25) is 10.1 Å². The van der Waals surface area contributed by atoms with Crippen molar-refractivity contribution in [3.8, 4) is 5.88 Å². The summed E-state index contributed by atoms with van der Waals surface area (Å²) in [5.41, 5.74) is -0.351. The molecule has 1 fully saturated rings. The molecule has 1 saturated carbocycles. The third kappa shape index (κ3) is 2.21. The summed E-state index contributed by atoms with van der Waals surface area (Å²) in [4.78, 5) is 17.5. The Kier molecular flexibility index (Phi) is 3.19. The number of rotatable bonds is 3. The van der Waals surface area contributed by atoms with Gasteiger partial charge in [0.05, 0.1) is 4.92 Å². The number of hydrogen-bond acceptors (Lipinski definition) is 5. The Morgan fingerprint density at radius 3 is 2.75 bits per heavy atom. The minimum absolute atomic E-state index is 0.00432. The Morgan fingerprint density at radius 1 is 1.44 bits per heavy atom. The Bertz CT molecular complexity index is 407. The zero-order valence-electron chi connectivity index (χ0n) is 8.43. The SMILES string of the molecule is O=[N+]([O-])c1c(Cl)ncnc1OC1CCCC1. The van der Waals surface area contributed by atoms with Crippen LogP contribution in [0.3, 0.4) is 0 Å². The second-order valence-electron chi connectivity index (χ2n) is 3.60. The standard InChI is InChI=1S/C9H10ClN3O3/c10-8-7(13(14)15)9(12-5-11-8)16-6-3-1-2-4-6/h5-6H,1-4H2. The molecule has 16 heavy (non-hydrogen) atoms. The maximum absolute atomic E-state index is 10.8. The highest BCUT2D eigenvalue weighted by molar-refractivity contribution is 6.31. The molecule has 0 radical (unpaired) electrons. The van der Waals surface area contributed by atoms with Gasteiger partial charge in [-0.2, -0.15) is 4.98 Å². The zero-order chi connectivity index (χ0) is 11.5. The van der Waals surface area contributed by atoms with Crippen LogP contribution in [0, 0.1) is 10.1 Å². The van der Waals surface area contributed by atoms with Crippen molar-refractivity contribution >= 4 is 17.3 Å². The lowest BCUT2D eigenvalue weighted by molar-refractivity contribution is -0.386. The lowest BCUT2D eigenvalue weighted by Crippen LogP contribution is -2.13. The van der Waals surface area contributed by atoms with Crippen LogP contribution in [0.2, 0.25) is 5.15 Å². The van der Waals surface area contributed by atoms with E-state index in [1.165, 1.54) is 6.33 Å². The minimum atomic E-state index is -0.618. The summed E-state index contributed by atoms with van der Waals surface area (Å²) in [6.07, 6.45) is 5.14. The van der Waals surface area contributed by atoms with Crippen LogP contribution in [-0.2, 0) is 0 Å². The van der Waals surface area contributed by atoms with Gasteiger partial charge >= 0.3 is 5.69 Å². The highest BCUT2D eigenvalue weighted by atomic mass is 35.5. The van der Waals surface area contributed by atoms with Crippen LogP contribution in [-0.4, -0.2) is 21.0 Å². The molecule has 0 spiro atoms. The molecule has 7 heteroatoms. The highest BCUT2D eigenvalue weighted by Crippen LogP contribution is 2.33. The Morgan fingerprint density at radius 2 is 2.12 bits per heavy atom. The summed E-state index contributed by atoms with van der Waals surface area (Å²) in [6.45, 7) is 0. The van der Waals surface area contributed by atoms with Crippen LogP contribution in [0.5, 0.6) is 5.88 Å². The molecule has 1 aromatic heterocycles. The molecule has 0 aromatic carbocycles. The van der Waals surface area contributed by atoms with E-state index < -0.39 is 4.92 Å². The number of aromatic nitrogens is 2. The van der Waals surface area contributed by atoms with Crippen molar-refractivity contribution in [3.63, 3.8) is 0 Å². The first-order chi connectivity index (χ1) is 7.68. The average molecular weight is 244 g/mol. The van der Waals surface area contributed by atoms with Gasteiger partial charge in [0.15, 0.2) is 0 Å². The van der Waals surface area contributed by atoms with Crippen LogP contribution in [0.15, 0.2) is 6.33 Å². The molecule has 0 N–H and O–H groups in total. The number of halogens is 1. The predicted octanol–water partition coefficient (Wildman–Crippen LogP) is 2.36. The summed E-state index contributed by atoms with van der Waals surface area (Å²) >= 11 is 5.64. The Labute approximate surface area is 96.8 Å². The van der Waals surface area contributed by atoms with Crippen LogP contribution in [0.25, 0.3) is 0 Å². The van der Waals surface area contributed by atoms with Gasteiger partial charge in [0.2, 0.25) is 5.15 Å². The van der Waals surface area contributed by atoms with Crippen molar-refractivity contribution in [2.75, 3.05) is 0 Å². The van der Waals surface area contributed by atoms with Gasteiger partial charge in [0.1, 0.15) is 12.4 Å². The molecule has 86 valence electrons. The van der Waals surface area contributed by atoms with Gasteiger partial charge in [-0.25, -0.2) is 4.98 Å². The predicted molar refractivity (Wildman–Crippen MR) is 56.6 cm³/mol. The molecule has 0 bridgehead atoms. The Balaban J connectivity index is 2.25. The molecule has 0 saturated heterocycles. The maximum atomic E-state index is 10.8. The fourth-order valence-electron chi connectivity index (χ4n) is 1.75. The largest absolute Gasteiger partial charge is 0.469 e. The molecule has 1 aliphatic carbocycles. The molecular formula is C9H10ClN3O3. The van der Waals surface area contributed by atoms with E-state index in [0.717, 1.165) is 25.7 Å². The normalized spacial score (nSPS) is 16.3. The quantitative estimate of drug-likeness (QED) is 0.463. The number of hydrogen-bond donors (Lipinski definition) is 0. The van der Waals surface area contributed by atoms with E-state index in [1.807, 2.05) is 0 Å². The van der Waals surface area contributed by atoms with Crippen molar-refractivity contribution in [2.45, 2.75) is 31.8 Å². The molecule has 0 amide bonds. The van der Waals surface area contributed by atoms with Crippen LogP contribution >= 0.6 is 11.6 Å². The van der Waals surface area contributed by atoms with Crippen LogP contribution in [0.4, 0.5) is 5.69 Å². The number of ether oxygens (including phenoxy) is 1. The smallest absolute Gasteiger partial charge is 0.367 e. The third-order valence-corrected chi connectivity index (χ3v) is 2.78.